The van der Waals surface area contributed by atoms with Crippen molar-refractivity contribution in [2.75, 3.05) is 20.3 Å². The van der Waals surface area contributed by atoms with Crippen molar-refractivity contribution in [1.82, 2.24) is 5.43 Å². The van der Waals surface area contributed by atoms with Crippen molar-refractivity contribution in [3.63, 3.8) is 0 Å². The lowest BCUT2D eigenvalue weighted by molar-refractivity contribution is 0.0954. The van der Waals surface area contributed by atoms with Crippen LogP contribution in [0.1, 0.15) is 29.8 Å². The second kappa shape index (κ2) is 9.32. The van der Waals surface area contributed by atoms with Gasteiger partial charge in [0.1, 0.15) is 5.75 Å². The zero-order valence-electron chi connectivity index (χ0n) is 14.6. The molecule has 2 rings (SSSR count). The number of methoxy groups -OCH3 is 1. The maximum Gasteiger partial charge on any atom is 0.271 e. The van der Waals surface area contributed by atoms with Crippen LogP contribution in [0.15, 0.2) is 47.6 Å². The lowest BCUT2D eigenvalue weighted by atomic mass is 10.2. The number of carbonyl (C=O) groups is 1. The molecule has 0 fully saturated rings. The van der Waals surface area contributed by atoms with E-state index in [4.69, 9.17) is 14.2 Å². The highest BCUT2D eigenvalue weighted by Gasteiger charge is 2.11. The van der Waals surface area contributed by atoms with Crippen LogP contribution in [0.3, 0.4) is 0 Å². The van der Waals surface area contributed by atoms with Gasteiger partial charge in [0.25, 0.3) is 5.91 Å². The predicted molar refractivity (Wildman–Crippen MR) is 96.8 cm³/mol. The first-order valence-corrected chi connectivity index (χ1v) is 8.05. The Hall–Kier alpha value is -3.02. The molecule has 0 aromatic heterocycles. The zero-order valence-corrected chi connectivity index (χ0v) is 14.6. The Labute approximate surface area is 147 Å². The van der Waals surface area contributed by atoms with Crippen LogP contribution < -0.4 is 19.6 Å². The number of hydrogen-bond donors (Lipinski definition) is 1. The topological polar surface area (TPSA) is 69.2 Å². The molecular weight excluding hydrogens is 320 g/mol. The third-order valence-electron chi connectivity index (χ3n) is 3.31. The highest BCUT2D eigenvalue weighted by atomic mass is 16.5. The number of carbonyl (C=O) groups excluding carboxylic acids is 1. The summed E-state index contributed by atoms with van der Waals surface area (Å²) < 4.78 is 16.2. The van der Waals surface area contributed by atoms with Crippen molar-refractivity contribution < 1.29 is 19.0 Å². The summed E-state index contributed by atoms with van der Waals surface area (Å²) in [6.45, 7) is 4.77. The second-order valence-corrected chi connectivity index (χ2v) is 4.97. The van der Waals surface area contributed by atoms with Gasteiger partial charge < -0.3 is 14.2 Å². The molecule has 6 nitrogen and oxygen atoms in total. The summed E-state index contributed by atoms with van der Waals surface area (Å²) in [5, 5.41) is 3.98. The van der Waals surface area contributed by atoms with E-state index in [0.717, 1.165) is 5.56 Å². The molecule has 0 spiro atoms. The highest BCUT2D eigenvalue weighted by Crippen LogP contribution is 2.28. The van der Waals surface area contributed by atoms with Crippen LogP contribution in [0.5, 0.6) is 17.2 Å². The van der Waals surface area contributed by atoms with Gasteiger partial charge in [0.15, 0.2) is 11.5 Å². The number of rotatable bonds is 8. The smallest absolute Gasteiger partial charge is 0.271 e. The van der Waals surface area contributed by atoms with Crippen molar-refractivity contribution in [2.24, 2.45) is 5.10 Å². The molecule has 1 amide bonds. The number of amides is 1. The molecule has 25 heavy (non-hydrogen) atoms. The molecule has 0 aliphatic carbocycles. The Morgan fingerprint density at radius 3 is 2.48 bits per heavy atom. The average molecular weight is 342 g/mol. The number of benzene rings is 2. The first-order chi connectivity index (χ1) is 12.2. The Morgan fingerprint density at radius 1 is 1.04 bits per heavy atom. The predicted octanol–water partition coefficient (Wildman–Crippen LogP) is 3.26. The Kier molecular flexibility index (Phi) is 6.83. The monoisotopic (exact) mass is 342 g/mol. The van der Waals surface area contributed by atoms with E-state index in [-0.39, 0.29) is 5.91 Å². The summed E-state index contributed by atoms with van der Waals surface area (Å²) in [4.78, 5) is 12.3. The quantitative estimate of drug-likeness (QED) is 0.590. The molecule has 6 heteroatoms. The fourth-order valence-electron chi connectivity index (χ4n) is 2.19. The van der Waals surface area contributed by atoms with Crippen molar-refractivity contribution in [3.05, 3.63) is 53.6 Å². The number of para-hydroxylation sites is 1. The maximum absolute atomic E-state index is 12.3. The molecule has 0 bridgehead atoms. The molecule has 1 N–H and O–H groups in total. The number of nitrogens with one attached hydrogen (secondary N) is 1. The normalized spacial score (nSPS) is 10.5. The van der Waals surface area contributed by atoms with Gasteiger partial charge in [-0.15, -0.1) is 0 Å². The zero-order chi connectivity index (χ0) is 18.1. The van der Waals surface area contributed by atoms with Crippen molar-refractivity contribution in [3.8, 4) is 17.2 Å². The lowest BCUT2D eigenvalue weighted by Crippen LogP contribution is -2.17. The molecule has 0 saturated carbocycles. The van der Waals surface area contributed by atoms with Gasteiger partial charge in [0, 0.05) is 11.1 Å². The maximum atomic E-state index is 12.3. The average Bonchev–Trinajstić information content (AvgIpc) is 2.64. The molecule has 0 saturated heterocycles. The van der Waals surface area contributed by atoms with Gasteiger partial charge in [0.05, 0.1) is 26.5 Å². The number of nitrogens with zero attached hydrogens (tertiary/aromatic N) is 1. The minimum absolute atomic E-state index is 0.338. The fourth-order valence-corrected chi connectivity index (χ4v) is 2.19. The molecule has 0 aliphatic heterocycles. The van der Waals surface area contributed by atoms with Gasteiger partial charge in [-0.2, -0.15) is 5.10 Å². The van der Waals surface area contributed by atoms with Gasteiger partial charge in [-0.05, 0) is 44.2 Å². The van der Waals surface area contributed by atoms with Crippen molar-refractivity contribution >= 4 is 12.1 Å². The Balaban J connectivity index is 2.10. The second-order valence-electron chi connectivity index (χ2n) is 4.97. The summed E-state index contributed by atoms with van der Waals surface area (Å²) in [6, 6.07) is 12.4. The Bertz CT molecular complexity index is 744. The molecule has 132 valence electrons. The van der Waals surface area contributed by atoms with Crippen LogP contribution in [0.4, 0.5) is 0 Å². The van der Waals surface area contributed by atoms with Crippen LogP contribution in [0, 0.1) is 0 Å². The highest BCUT2D eigenvalue weighted by molar-refractivity contribution is 5.95. The van der Waals surface area contributed by atoms with E-state index >= 15 is 0 Å². The minimum Gasteiger partial charge on any atom is -0.496 e. The van der Waals surface area contributed by atoms with E-state index in [1.807, 2.05) is 38.1 Å². The van der Waals surface area contributed by atoms with E-state index in [1.54, 1.807) is 25.3 Å². The molecule has 0 aliphatic rings. The largest absolute Gasteiger partial charge is 0.496 e. The van der Waals surface area contributed by atoms with Gasteiger partial charge in [0.2, 0.25) is 0 Å². The molecule has 0 radical (unpaired) electrons. The van der Waals surface area contributed by atoms with Crippen molar-refractivity contribution in [2.45, 2.75) is 13.8 Å². The molecule has 0 heterocycles. The third-order valence-corrected chi connectivity index (χ3v) is 3.31. The molecule has 2 aromatic carbocycles. The van der Waals surface area contributed by atoms with Gasteiger partial charge >= 0.3 is 0 Å². The van der Waals surface area contributed by atoms with Gasteiger partial charge in [-0.25, -0.2) is 5.43 Å². The summed E-state index contributed by atoms with van der Waals surface area (Å²) in [7, 11) is 1.58. The summed E-state index contributed by atoms with van der Waals surface area (Å²) >= 11 is 0. The summed E-state index contributed by atoms with van der Waals surface area (Å²) in [6.07, 6.45) is 1.54. The van der Waals surface area contributed by atoms with Crippen LogP contribution in [0.2, 0.25) is 0 Å². The molecule has 0 atom stereocenters. The van der Waals surface area contributed by atoms with E-state index < -0.39 is 0 Å². The van der Waals surface area contributed by atoms with Gasteiger partial charge in [-0.3, -0.25) is 4.79 Å². The third kappa shape index (κ3) is 4.97. The van der Waals surface area contributed by atoms with Crippen LogP contribution in [0.25, 0.3) is 0 Å². The van der Waals surface area contributed by atoms with E-state index in [9.17, 15) is 4.79 Å². The van der Waals surface area contributed by atoms with Crippen LogP contribution in [-0.4, -0.2) is 32.4 Å². The first kappa shape index (κ1) is 18.3. The molecule has 2 aromatic rings. The minimum atomic E-state index is -0.338. The first-order valence-electron chi connectivity index (χ1n) is 8.05. The van der Waals surface area contributed by atoms with Crippen LogP contribution >= 0.6 is 0 Å². The van der Waals surface area contributed by atoms with E-state index in [1.165, 1.54) is 6.21 Å². The van der Waals surface area contributed by atoms with E-state index in [2.05, 4.69) is 10.5 Å². The van der Waals surface area contributed by atoms with Gasteiger partial charge in [-0.1, -0.05) is 12.1 Å². The fraction of sp³-hybridized carbons (Fsp3) is 0.263. The molecular formula is C19H22N2O4. The SMILES string of the molecule is CCOc1ccc(C(=O)N/N=C/c2ccccc2OC)cc1OCC. The van der Waals surface area contributed by atoms with Crippen molar-refractivity contribution in [1.29, 1.82) is 0 Å². The van der Waals surface area contributed by atoms with E-state index in [0.29, 0.717) is 36.0 Å². The Morgan fingerprint density at radius 2 is 1.76 bits per heavy atom. The summed E-state index contributed by atoms with van der Waals surface area (Å²) in [5.41, 5.74) is 3.70. The number of hydrogen-bond acceptors (Lipinski definition) is 5. The van der Waals surface area contributed by atoms with Crippen LogP contribution in [-0.2, 0) is 0 Å². The standard InChI is InChI=1S/C19H22N2O4/c1-4-24-17-11-10-14(12-18(17)25-5-2)19(22)21-20-13-15-8-6-7-9-16(15)23-3/h6-13H,4-5H2,1-3H3,(H,21,22)/b20-13+. The molecule has 0 unspecified atom stereocenters. The summed E-state index contributed by atoms with van der Waals surface area (Å²) in [5.74, 6) is 1.49. The number of hydrazone groups is 1. The lowest BCUT2D eigenvalue weighted by Gasteiger charge is -2.11. The number of ether oxygens (including phenoxy) is 3.